The second kappa shape index (κ2) is 10.3. The number of anilines is 4. The second-order valence-electron chi connectivity index (χ2n) is 8.75. The fourth-order valence-electron chi connectivity index (χ4n) is 3.87. The van der Waals surface area contributed by atoms with Gasteiger partial charge in [-0.05, 0) is 35.9 Å². The average molecular weight is 558 g/mol. The van der Waals surface area contributed by atoms with Gasteiger partial charge < -0.3 is 20.5 Å². The Bertz CT molecular complexity index is 1690. The highest BCUT2D eigenvalue weighted by atomic mass is 32.3. The maximum absolute atomic E-state index is 12.3. The van der Waals surface area contributed by atoms with Gasteiger partial charge in [0.2, 0.25) is 26.0 Å². The molecule has 0 saturated carbocycles. The van der Waals surface area contributed by atoms with Crippen molar-refractivity contribution in [3.05, 3.63) is 71.9 Å². The van der Waals surface area contributed by atoms with Crippen molar-refractivity contribution in [1.82, 2.24) is 19.9 Å². The number of carbonyl (C=O) groups is 1. The summed E-state index contributed by atoms with van der Waals surface area (Å²) in [6.07, 6.45) is 3.38. The summed E-state index contributed by atoms with van der Waals surface area (Å²) in [7, 11) is -4.88. The van der Waals surface area contributed by atoms with Crippen LogP contribution in [0.2, 0.25) is 0 Å². The van der Waals surface area contributed by atoms with Crippen molar-refractivity contribution in [3.8, 4) is 0 Å². The predicted molar refractivity (Wildman–Crippen MR) is 148 cm³/mol. The fourth-order valence-corrected chi connectivity index (χ4v) is 6.91. The first-order valence-electron chi connectivity index (χ1n) is 11.3. The Balaban J connectivity index is 1.66. The SMILES string of the molecule is CN(C)C(=O)c1cccc(Nc2nc(NCc3ccccc3N(S(C)(=O)=O)S(C)(=O)=O)c3cc[nH]c3n2)c1. The number of nitrogens with zero attached hydrogens (tertiary/aromatic N) is 4. The molecule has 3 N–H and O–H groups in total. The number of aromatic amines is 1. The molecule has 14 heteroatoms. The fraction of sp³-hybridized carbons (Fsp3) is 0.208. The molecule has 0 aliphatic rings. The van der Waals surface area contributed by atoms with E-state index in [1.807, 2.05) is 0 Å². The highest BCUT2D eigenvalue weighted by Gasteiger charge is 2.29. The summed E-state index contributed by atoms with van der Waals surface area (Å²) in [6.45, 7) is 0.0707. The first-order valence-corrected chi connectivity index (χ1v) is 15.0. The van der Waals surface area contributed by atoms with Gasteiger partial charge in [0, 0.05) is 38.1 Å². The van der Waals surface area contributed by atoms with E-state index in [0.29, 0.717) is 37.4 Å². The van der Waals surface area contributed by atoms with E-state index in [-0.39, 0.29) is 24.1 Å². The van der Waals surface area contributed by atoms with Gasteiger partial charge in [0.15, 0.2) is 0 Å². The van der Waals surface area contributed by atoms with E-state index in [2.05, 4.69) is 25.6 Å². The van der Waals surface area contributed by atoms with Crippen LogP contribution in [0.15, 0.2) is 60.8 Å². The first-order chi connectivity index (χ1) is 17.8. The molecule has 2 aromatic carbocycles. The Morgan fingerprint density at radius 1 is 0.947 bits per heavy atom. The molecular formula is C24H27N7O5S2. The van der Waals surface area contributed by atoms with Crippen LogP contribution in [0.5, 0.6) is 0 Å². The number of carbonyl (C=O) groups excluding carboxylic acids is 1. The van der Waals surface area contributed by atoms with E-state index in [1.165, 1.54) is 11.0 Å². The molecule has 2 heterocycles. The molecule has 4 aromatic rings. The van der Waals surface area contributed by atoms with Gasteiger partial charge in [0.05, 0.1) is 23.6 Å². The third kappa shape index (κ3) is 5.86. The topological polar surface area (TPSA) is 157 Å². The van der Waals surface area contributed by atoms with Crippen molar-refractivity contribution in [3.63, 3.8) is 0 Å². The number of para-hydroxylation sites is 1. The lowest BCUT2D eigenvalue weighted by Gasteiger charge is -2.22. The van der Waals surface area contributed by atoms with E-state index >= 15 is 0 Å². The minimum absolute atomic E-state index is 0.0186. The summed E-state index contributed by atoms with van der Waals surface area (Å²) < 4.78 is 49.8. The lowest BCUT2D eigenvalue weighted by atomic mass is 10.2. The molecule has 0 radical (unpaired) electrons. The zero-order valence-electron chi connectivity index (χ0n) is 21.1. The minimum atomic E-state index is -4.11. The number of fused-ring (bicyclic) bond motifs is 1. The van der Waals surface area contributed by atoms with Crippen LogP contribution in [-0.4, -0.2) is 69.2 Å². The molecule has 0 saturated heterocycles. The summed E-state index contributed by atoms with van der Waals surface area (Å²) in [5.41, 5.74) is 2.09. The molecule has 0 fully saturated rings. The maximum Gasteiger partial charge on any atom is 0.253 e. The second-order valence-corrected chi connectivity index (χ2v) is 12.6. The van der Waals surface area contributed by atoms with Gasteiger partial charge in [-0.1, -0.05) is 24.3 Å². The number of nitrogens with one attached hydrogen (secondary N) is 3. The number of benzene rings is 2. The Kier molecular flexibility index (Phi) is 7.29. The third-order valence-electron chi connectivity index (χ3n) is 5.42. The Labute approximate surface area is 220 Å². The van der Waals surface area contributed by atoms with Gasteiger partial charge in [-0.3, -0.25) is 4.79 Å². The number of rotatable bonds is 9. The first kappa shape index (κ1) is 26.9. The van der Waals surface area contributed by atoms with Gasteiger partial charge in [0.25, 0.3) is 5.91 Å². The summed E-state index contributed by atoms with van der Waals surface area (Å²) in [4.78, 5) is 25.9. The Morgan fingerprint density at radius 3 is 2.34 bits per heavy atom. The van der Waals surface area contributed by atoms with Crippen LogP contribution in [-0.2, 0) is 26.6 Å². The van der Waals surface area contributed by atoms with Crippen LogP contribution in [0.1, 0.15) is 15.9 Å². The van der Waals surface area contributed by atoms with Crippen molar-refractivity contribution in [2.45, 2.75) is 6.54 Å². The lowest BCUT2D eigenvalue weighted by molar-refractivity contribution is 0.0827. The largest absolute Gasteiger partial charge is 0.365 e. The molecule has 0 unspecified atom stereocenters. The molecular weight excluding hydrogens is 530 g/mol. The molecule has 200 valence electrons. The van der Waals surface area contributed by atoms with Crippen LogP contribution in [0.25, 0.3) is 11.0 Å². The number of H-pyrrole nitrogens is 1. The molecule has 0 aliphatic heterocycles. The molecule has 0 atom stereocenters. The number of sulfonamides is 2. The summed E-state index contributed by atoms with van der Waals surface area (Å²) in [5.74, 6) is 0.533. The Morgan fingerprint density at radius 2 is 1.66 bits per heavy atom. The highest BCUT2D eigenvalue weighted by Crippen LogP contribution is 2.28. The zero-order chi connectivity index (χ0) is 27.7. The molecule has 12 nitrogen and oxygen atoms in total. The summed E-state index contributed by atoms with van der Waals surface area (Å²) in [5, 5.41) is 6.95. The molecule has 0 aliphatic carbocycles. The smallest absolute Gasteiger partial charge is 0.253 e. The third-order valence-corrected chi connectivity index (χ3v) is 8.65. The van der Waals surface area contributed by atoms with Crippen molar-refractivity contribution < 1.29 is 21.6 Å². The van der Waals surface area contributed by atoms with E-state index in [4.69, 9.17) is 0 Å². The van der Waals surface area contributed by atoms with Gasteiger partial charge in [0.1, 0.15) is 11.5 Å². The van der Waals surface area contributed by atoms with Gasteiger partial charge in [-0.25, -0.2) is 16.8 Å². The van der Waals surface area contributed by atoms with E-state index in [1.54, 1.807) is 68.8 Å². The van der Waals surface area contributed by atoms with Gasteiger partial charge in [-0.2, -0.15) is 13.7 Å². The van der Waals surface area contributed by atoms with E-state index < -0.39 is 20.0 Å². The van der Waals surface area contributed by atoms with Crippen molar-refractivity contribution in [2.24, 2.45) is 0 Å². The van der Waals surface area contributed by atoms with E-state index in [0.717, 1.165) is 12.5 Å². The summed E-state index contributed by atoms with van der Waals surface area (Å²) in [6, 6.07) is 15.0. The molecule has 0 spiro atoms. The van der Waals surface area contributed by atoms with Crippen LogP contribution >= 0.6 is 0 Å². The number of hydrogen-bond donors (Lipinski definition) is 3. The number of hydrogen-bond acceptors (Lipinski definition) is 9. The van der Waals surface area contributed by atoms with Crippen LogP contribution in [0.4, 0.5) is 23.1 Å². The maximum atomic E-state index is 12.3. The quantitative estimate of drug-likeness (QED) is 0.281. The molecule has 1 amide bonds. The van der Waals surface area contributed by atoms with Crippen molar-refractivity contribution >= 4 is 60.1 Å². The zero-order valence-corrected chi connectivity index (χ0v) is 22.8. The number of aromatic nitrogens is 3. The highest BCUT2D eigenvalue weighted by molar-refractivity contribution is 8.09. The minimum Gasteiger partial charge on any atom is -0.365 e. The molecule has 2 aromatic heterocycles. The Hall–Kier alpha value is -4.17. The van der Waals surface area contributed by atoms with Crippen LogP contribution < -0.4 is 14.3 Å². The summed E-state index contributed by atoms with van der Waals surface area (Å²) >= 11 is 0. The van der Waals surface area contributed by atoms with Crippen LogP contribution in [0.3, 0.4) is 0 Å². The lowest BCUT2D eigenvalue weighted by Crippen LogP contribution is -2.36. The van der Waals surface area contributed by atoms with Crippen LogP contribution in [0, 0.1) is 0 Å². The molecule has 0 bridgehead atoms. The standard InChI is InChI=1S/C24H27N7O5S2/c1-30(2)23(32)16-9-7-10-18(14-16)27-24-28-21-19(12-13-25-21)22(29-24)26-15-17-8-5-6-11-20(17)31(37(3,33)34)38(4,35)36/h5-14H,15H2,1-4H3,(H3,25,26,27,28,29). The monoisotopic (exact) mass is 557 g/mol. The normalized spacial score (nSPS) is 11.8. The van der Waals surface area contributed by atoms with Gasteiger partial charge in [-0.15, -0.1) is 0 Å². The van der Waals surface area contributed by atoms with Crippen molar-refractivity contribution in [1.29, 1.82) is 0 Å². The molecule has 4 rings (SSSR count). The molecule has 38 heavy (non-hydrogen) atoms. The average Bonchev–Trinajstić information content (AvgIpc) is 3.30. The van der Waals surface area contributed by atoms with E-state index in [9.17, 15) is 21.6 Å². The van der Waals surface area contributed by atoms with Gasteiger partial charge >= 0.3 is 0 Å². The number of amides is 1. The van der Waals surface area contributed by atoms with Crippen molar-refractivity contribution in [2.75, 3.05) is 41.0 Å². The predicted octanol–water partition coefficient (Wildman–Crippen LogP) is 2.74.